The van der Waals surface area contributed by atoms with E-state index in [4.69, 9.17) is 10.5 Å². The van der Waals surface area contributed by atoms with Crippen molar-refractivity contribution in [2.75, 3.05) is 31.6 Å². The molecule has 2 fully saturated rings. The van der Waals surface area contributed by atoms with Crippen LogP contribution in [0.25, 0.3) is 0 Å². The van der Waals surface area contributed by atoms with Gasteiger partial charge in [0, 0.05) is 37.3 Å². The first-order valence-corrected chi connectivity index (χ1v) is 9.10. The maximum atomic E-state index is 12.3. The highest BCUT2D eigenvalue weighted by Gasteiger charge is 2.26. The number of nitrogens with one attached hydrogen (secondary N) is 1. The molecule has 26 heavy (non-hydrogen) atoms. The second-order valence-electron chi connectivity index (χ2n) is 7.06. The molecule has 2 aliphatic rings. The molecule has 0 radical (unpaired) electrons. The Morgan fingerprint density at radius 2 is 2.04 bits per heavy atom. The third-order valence-corrected chi connectivity index (χ3v) is 5.41. The molecule has 1 unspecified atom stereocenters. The first-order chi connectivity index (χ1) is 11.6. The molecule has 1 aliphatic carbocycles. The van der Waals surface area contributed by atoms with E-state index in [1.54, 1.807) is 0 Å². The lowest BCUT2D eigenvalue weighted by Gasteiger charge is -2.32. The van der Waals surface area contributed by atoms with Crippen molar-refractivity contribution in [3.8, 4) is 0 Å². The molecule has 1 aromatic carbocycles. The first-order valence-electron chi connectivity index (χ1n) is 9.10. The minimum atomic E-state index is 0. The van der Waals surface area contributed by atoms with Crippen LogP contribution in [0.4, 0.5) is 5.69 Å². The highest BCUT2D eigenvalue weighted by atomic mass is 35.5. The predicted octanol–water partition coefficient (Wildman–Crippen LogP) is 3.38. The number of hydrogen-bond acceptors (Lipinski definition) is 4. The lowest BCUT2D eigenvalue weighted by Crippen LogP contribution is -2.38. The van der Waals surface area contributed by atoms with Crippen LogP contribution in [0.15, 0.2) is 24.3 Å². The van der Waals surface area contributed by atoms with Crippen molar-refractivity contribution in [3.63, 3.8) is 0 Å². The van der Waals surface area contributed by atoms with Gasteiger partial charge in [-0.05, 0) is 43.4 Å². The van der Waals surface area contributed by atoms with Crippen LogP contribution in [-0.4, -0.2) is 43.2 Å². The highest BCUT2D eigenvalue weighted by molar-refractivity contribution is 5.91. The summed E-state index contributed by atoms with van der Waals surface area (Å²) < 4.78 is 5.43. The fraction of sp³-hybridized carbons (Fsp3) is 0.632. The van der Waals surface area contributed by atoms with Crippen molar-refractivity contribution in [2.24, 2.45) is 11.7 Å². The van der Waals surface area contributed by atoms with Gasteiger partial charge in [-0.15, -0.1) is 24.8 Å². The zero-order chi connectivity index (χ0) is 16.9. The van der Waals surface area contributed by atoms with Crippen LogP contribution in [0.3, 0.4) is 0 Å². The summed E-state index contributed by atoms with van der Waals surface area (Å²) in [6.07, 6.45) is 3.79. The van der Waals surface area contributed by atoms with Crippen molar-refractivity contribution < 1.29 is 9.53 Å². The summed E-state index contributed by atoms with van der Waals surface area (Å²) in [5.41, 5.74) is 8.18. The Labute approximate surface area is 168 Å². The smallest absolute Gasteiger partial charge is 0.224 e. The summed E-state index contributed by atoms with van der Waals surface area (Å²) in [4.78, 5) is 14.7. The van der Waals surface area contributed by atoms with Crippen molar-refractivity contribution in [2.45, 2.75) is 44.7 Å². The molecule has 3 rings (SSSR count). The average Bonchev–Trinajstić information content (AvgIpc) is 3.00. The molecule has 0 spiro atoms. The lowest BCUT2D eigenvalue weighted by atomic mass is 9.99. The normalized spacial score (nSPS) is 24.2. The largest absolute Gasteiger partial charge is 0.379 e. The molecular weight excluding hydrogens is 373 g/mol. The van der Waals surface area contributed by atoms with E-state index in [0.717, 1.165) is 51.3 Å². The number of morpholine rings is 1. The molecule has 1 aliphatic heterocycles. The molecule has 1 aromatic rings. The summed E-state index contributed by atoms with van der Waals surface area (Å²) in [5.74, 6) is 0.411. The van der Waals surface area contributed by atoms with Gasteiger partial charge in [-0.1, -0.05) is 18.6 Å². The van der Waals surface area contributed by atoms with Gasteiger partial charge in [0.05, 0.1) is 13.2 Å². The van der Waals surface area contributed by atoms with Gasteiger partial charge in [-0.2, -0.15) is 0 Å². The maximum Gasteiger partial charge on any atom is 0.224 e. The Kier molecular flexibility index (Phi) is 9.90. The molecule has 0 aromatic heterocycles. The fourth-order valence-corrected chi connectivity index (χ4v) is 3.82. The quantitative estimate of drug-likeness (QED) is 0.790. The van der Waals surface area contributed by atoms with Gasteiger partial charge in [0.2, 0.25) is 5.91 Å². The molecule has 5 nitrogen and oxygen atoms in total. The monoisotopic (exact) mass is 403 g/mol. The van der Waals surface area contributed by atoms with E-state index >= 15 is 0 Å². The zero-order valence-corrected chi connectivity index (χ0v) is 17.0. The summed E-state index contributed by atoms with van der Waals surface area (Å²) in [6, 6.07) is 8.71. The van der Waals surface area contributed by atoms with Crippen LogP contribution in [0.1, 0.15) is 44.2 Å². The number of halogens is 2. The van der Waals surface area contributed by atoms with E-state index in [0.29, 0.717) is 18.4 Å². The van der Waals surface area contributed by atoms with Crippen LogP contribution in [0.2, 0.25) is 0 Å². The molecule has 1 amide bonds. The van der Waals surface area contributed by atoms with Crippen LogP contribution < -0.4 is 11.1 Å². The number of benzene rings is 1. The first kappa shape index (κ1) is 23.2. The topological polar surface area (TPSA) is 67.6 Å². The number of anilines is 1. The van der Waals surface area contributed by atoms with E-state index in [1.807, 2.05) is 12.1 Å². The number of ether oxygens (including phenoxy) is 1. The van der Waals surface area contributed by atoms with Gasteiger partial charge in [-0.3, -0.25) is 9.69 Å². The number of carbonyl (C=O) groups is 1. The van der Waals surface area contributed by atoms with Crippen molar-refractivity contribution in [1.29, 1.82) is 0 Å². The number of carbonyl (C=O) groups excluding carboxylic acids is 1. The predicted molar refractivity (Wildman–Crippen MR) is 110 cm³/mol. The van der Waals surface area contributed by atoms with E-state index < -0.39 is 0 Å². The third-order valence-electron chi connectivity index (χ3n) is 5.41. The standard InChI is InChI=1S/C19H29N3O2.2ClH/c1-14(22-8-10-24-11-9-22)15-4-2-6-17(12-15)21-19(23)13-16-5-3-7-18(16)20;;/h2,4,6,12,14,16,18H,3,5,7-11,13,20H2,1H3,(H,21,23);2*1H/t14?,16-,18+;;/m0../s1. The Bertz CT molecular complexity index is 567. The summed E-state index contributed by atoms with van der Waals surface area (Å²) >= 11 is 0. The number of rotatable bonds is 5. The molecule has 1 saturated carbocycles. The molecule has 1 heterocycles. The van der Waals surface area contributed by atoms with Crippen LogP contribution >= 0.6 is 24.8 Å². The Hall–Kier alpha value is -0.850. The SMILES string of the molecule is CC(c1cccc(NC(=O)C[C@@H]2CCC[C@H]2N)c1)N1CCOCC1.Cl.Cl. The van der Waals surface area contributed by atoms with E-state index in [-0.39, 0.29) is 36.8 Å². The molecule has 1 saturated heterocycles. The van der Waals surface area contributed by atoms with Crippen molar-refractivity contribution >= 4 is 36.4 Å². The molecule has 7 heteroatoms. The van der Waals surface area contributed by atoms with E-state index in [2.05, 4.69) is 29.3 Å². The molecular formula is C19H31Cl2N3O2. The Morgan fingerprint density at radius 1 is 1.31 bits per heavy atom. The number of amides is 1. The van der Waals surface area contributed by atoms with Gasteiger partial charge >= 0.3 is 0 Å². The number of hydrogen-bond donors (Lipinski definition) is 2. The third kappa shape index (κ3) is 6.10. The zero-order valence-electron chi connectivity index (χ0n) is 15.4. The number of nitrogens with zero attached hydrogens (tertiary/aromatic N) is 1. The molecule has 148 valence electrons. The van der Waals surface area contributed by atoms with Crippen LogP contribution in [-0.2, 0) is 9.53 Å². The van der Waals surface area contributed by atoms with Crippen LogP contribution in [0.5, 0.6) is 0 Å². The summed E-state index contributed by atoms with van der Waals surface area (Å²) in [7, 11) is 0. The Morgan fingerprint density at radius 3 is 2.69 bits per heavy atom. The molecule has 0 bridgehead atoms. The second kappa shape index (κ2) is 11.1. The van der Waals surface area contributed by atoms with E-state index in [9.17, 15) is 4.79 Å². The van der Waals surface area contributed by atoms with Crippen molar-refractivity contribution in [3.05, 3.63) is 29.8 Å². The van der Waals surface area contributed by atoms with Crippen LogP contribution in [0, 0.1) is 5.92 Å². The van der Waals surface area contributed by atoms with Gasteiger partial charge in [0.25, 0.3) is 0 Å². The van der Waals surface area contributed by atoms with Gasteiger partial charge < -0.3 is 15.8 Å². The summed E-state index contributed by atoms with van der Waals surface area (Å²) in [5, 5.41) is 3.05. The van der Waals surface area contributed by atoms with Crippen molar-refractivity contribution in [1.82, 2.24) is 4.90 Å². The second-order valence-corrected chi connectivity index (χ2v) is 7.06. The molecule has 3 N–H and O–H groups in total. The maximum absolute atomic E-state index is 12.3. The Balaban J connectivity index is 0.00000169. The summed E-state index contributed by atoms with van der Waals surface area (Å²) in [6.45, 7) is 5.71. The van der Waals surface area contributed by atoms with Gasteiger partial charge in [0.1, 0.15) is 0 Å². The molecule has 3 atom stereocenters. The average molecular weight is 404 g/mol. The number of nitrogens with two attached hydrogens (primary N) is 1. The lowest BCUT2D eigenvalue weighted by molar-refractivity contribution is -0.117. The highest BCUT2D eigenvalue weighted by Crippen LogP contribution is 2.28. The van der Waals surface area contributed by atoms with Gasteiger partial charge in [0.15, 0.2) is 0 Å². The van der Waals surface area contributed by atoms with E-state index in [1.165, 1.54) is 5.56 Å². The minimum absolute atomic E-state index is 0. The minimum Gasteiger partial charge on any atom is -0.379 e. The van der Waals surface area contributed by atoms with Gasteiger partial charge in [-0.25, -0.2) is 0 Å². The fourth-order valence-electron chi connectivity index (χ4n) is 3.82.